The van der Waals surface area contributed by atoms with E-state index in [1.165, 1.54) is 0 Å². The summed E-state index contributed by atoms with van der Waals surface area (Å²) in [6.45, 7) is 1.80. The molecule has 0 aromatic heterocycles. The Bertz CT molecular complexity index is 2510. The van der Waals surface area contributed by atoms with Gasteiger partial charge < -0.3 is 91.9 Å². The van der Waals surface area contributed by atoms with Crippen LogP contribution in [-0.2, 0) is 87.7 Å². The van der Waals surface area contributed by atoms with Crippen molar-refractivity contribution in [1.29, 1.82) is 0 Å². The van der Waals surface area contributed by atoms with Gasteiger partial charge in [0.25, 0.3) is 0 Å². The lowest BCUT2D eigenvalue weighted by atomic mass is 9.89. The van der Waals surface area contributed by atoms with Crippen molar-refractivity contribution in [2.24, 2.45) is 47.3 Å². The molecule has 8 saturated carbocycles. The van der Waals surface area contributed by atoms with Gasteiger partial charge in [-0.1, -0.05) is 154 Å². The first kappa shape index (κ1) is 90.7. The molecule has 0 atom stereocenters. The lowest BCUT2D eigenvalue weighted by Crippen LogP contribution is -2.88. The van der Waals surface area contributed by atoms with Gasteiger partial charge in [0, 0.05) is 148 Å². The van der Waals surface area contributed by atoms with Gasteiger partial charge in [-0.3, -0.25) is 38.4 Å². The molecule has 0 unspecified atom stereocenters. The molecule has 14 fully saturated rings. The summed E-state index contributed by atoms with van der Waals surface area (Å²) in [7, 11) is -38.2. The predicted molar refractivity (Wildman–Crippen MR) is 451 cm³/mol. The summed E-state index contributed by atoms with van der Waals surface area (Å²) in [5.41, 5.74) is 0. The molecular weight excluding hydrogens is 1620 g/mol. The van der Waals surface area contributed by atoms with E-state index in [2.05, 4.69) is 42.5 Å². The highest BCUT2D eigenvalue weighted by molar-refractivity contribution is 7.03. The van der Waals surface area contributed by atoms with Gasteiger partial charge in [0.05, 0.1) is 0 Å². The molecular formula is C80H144N8O20Si8. The van der Waals surface area contributed by atoms with Gasteiger partial charge in [0.15, 0.2) is 0 Å². The Labute approximate surface area is 700 Å². The molecule has 8 amide bonds. The standard InChI is InChI=1S/C80H144N8O20Si8/c89-73(65-33-9-1-10-34-65)81-49-25-57-109-97-110(58-26-50-82-74(90)66-35-11-2-12-36-66)100-113(61-29-53-85-77(93)69-41-17-5-18-42-69)102-111(98-109,59-27-51-83-75(91)67-37-13-3-14-38-67)104-115(63-31-55-87-79(95)71-45-21-7-22-46-71)105-112(99-109,60-28-52-84-76(92)68-39-15-4-16-40-68)103-114(101-110,62-30-54-86-78(94)70-43-19-6-20-44-70)107-116(106-113,108-115)64-32-56-88-80(96)72-47-23-8-24-48-72/h65-72H,1-64H2,(H,81,89)(H,82,90)(H,83,91)(H,84,92)(H,85,93)(H,86,94)(H,87,95)(H,88,96). The normalized spacial score (nSPS) is 32.1. The average Bonchev–Trinajstić information content (AvgIpc) is 0.686. The van der Waals surface area contributed by atoms with E-state index < -0.39 is 70.4 Å². The van der Waals surface area contributed by atoms with Gasteiger partial charge in [-0.2, -0.15) is 0 Å². The van der Waals surface area contributed by atoms with Gasteiger partial charge in [0.1, 0.15) is 0 Å². The van der Waals surface area contributed by atoms with Gasteiger partial charge in [-0.25, -0.2) is 0 Å². The third kappa shape index (κ3) is 25.6. The van der Waals surface area contributed by atoms with E-state index in [9.17, 15) is 38.4 Å². The van der Waals surface area contributed by atoms with Crippen LogP contribution in [0, 0.1) is 47.3 Å². The molecule has 656 valence electrons. The average molecular weight is 1760 g/mol. The lowest BCUT2D eigenvalue weighted by molar-refractivity contribution is -0.126. The van der Waals surface area contributed by atoms with Crippen molar-refractivity contribution in [1.82, 2.24) is 42.5 Å². The minimum absolute atomic E-state index is 0.0119. The Morgan fingerprint density at radius 2 is 0.259 bits per heavy atom. The maximum Gasteiger partial charge on any atom is 0.478 e. The molecule has 0 spiro atoms. The lowest BCUT2D eigenvalue weighted by Gasteiger charge is -2.63. The van der Waals surface area contributed by atoms with E-state index in [1.54, 1.807) is 0 Å². The Hall–Kier alpha value is -2.98. The van der Waals surface area contributed by atoms with Gasteiger partial charge >= 0.3 is 70.4 Å². The molecule has 116 heavy (non-hydrogen) atoms. The SMILES string of the molecule is O=C(NCCC[Si]12O[Si]3(CCCNC(=O)C4CCCCC4)O[Si]4(CCCNC(=O)C5CCCCC5)O[Si](CCCNC(=O)C5CCCCC5)(O1)O[Si]1(CCCNC(=O)C5CCCCC5)O[Si](CCCNC(=O)C5CCCCC5)(O2)O[Si](CCCNC(=O)C2CCCCC2)(O3)O[Si](CCCNC(=O)C2CCCCC2)(O4)O1)C1CCCCC1. The third-order valence-corrected chi connectivity index (χ3v) is 64.8. The van der Waals surface area contributed by atoms with Crippen molar-refractivity contribution >= 4 is 118 Å². The van der Waals surface area contributed by atoms with Crippen molar-refractivity contribution in [3.63, 3.8) is 0 Å². The van der Waals surface area contributed by atoms with Crippen LogP contribution in [0.5, 0.6) is 0 Å². The Kier molecular flexibility index (Phi) is 34.5. The van der Waals surface area contributed by atoms with Crippen LogP contribution < -0.4 is 42.5 Å². The van der Waals surface area contributed by atoms with Crippen LogP contribution in [0.4, 0.5) is 0 Å². The highest BCUT2D eigenvalue weighted by Gasteiger charge is 2.83. The first-order chi connectivity index (χ1) is 56.4. The zero-order valence-electron chi connectivity index (χ0n) is 70.0. The molecule has 14 rings (SSSR count). The Balaban J connectivity index is 0.964. The van der Waals surface area contributed by atoms with E-state index in [-0.39, 0.29) is 247 Å². The molecule has 0 aromatic rings. The van der Waals surface area contributed by atoms with Crippen molar-refractivity contribution in [2.45, 2.75) is 357 Å². The Morgan fingerprint density at radius 1 is 0.164 bits per heavy atom. The molecule has 8 bridgehead atoms. The summed E-state index contributed by atoms with van der Waals surface area (Å²) in [6, 6.07) is 0.418. The van der Waals surface area contributed by atoms with E-state index >= 15 is 0 Å². The minimum atomic E-state index is -4.77. The fraction of sp³-hybridized carbons (Fsp3) is 0.900. The number of amides is 8. The van der Waals surface area contributed by atoms with Crippen LogP contribution in [0.3, 0.4) is 0 Å². The van der Waals surface area contributed by atoms with Crippen molar-refractivity contribution < 1.29 is 87.7 Å². The van der Waals surface area contributed by atoms with Crippen LogP contribution in [0.25, 0.3) is 0 Å². The molecule has 28 nitrogen and oxygen atoms in total. The number of carbonyl (C=O) groups excluding carboxylic acids is 8. The van der Waals surface area contributed by atoms with E-state index in [1.807, 2.05) is 0 Å². The second-order valence-corrected chi connectivity index (χ2v) is 61.3. The third-order valence-electron chi connectivity index (χ3n) is 27.2. The van der Waals surface area contributed by atoms with Crippen molar-refractivity contribution in [3.8, 4) is 0 Å². The topological polar surface area (TPSA) is 344 Å². The van der Waals surface area contributed by atoms with E-state index in [0.29, 0.717) is 0 Å². The number of rotatable bonds is 40. The number of nitrogens with one attached hydrogen (secondary N) is 8. The zero-order chi connectivity index (χ0) is 80.6. The molecule has 8 aliphatic carbocycles. The van der Waals surface area contributed by atoms with Gasteiger partial charge in [0.2, 0.25) is 47.3 Å². The number of carbonyl (C=O) groups is 8. The second-order valence-electron chi connectivity index (χ2n) is 36.5. The smallest absolute Gasteiger partial charge is 0.373 e. The highest BCUT2D eigenvalue weighted by atomic mass is 28.6. The molecule has 14 aliphatic rings. The van der Waals surface area contributed by atoms with Crippen LogP contribution in [0.2, 0.25) is 48.4 Å². The summed E-state index contributed by atoms with van der Waals surface area (Å²) in [5, 5.41) is 26.5. The highest BCUT2D eigenvalue weighted by Crippen LogP contribution is 2.55. The first-order valence-electron chi connectivity index (χ1n) is 47.0. The maximum absolute atomic E-state index is 14.3. The molecule has 8 N–H and O–H groups in total. The molecule has 6 saturated heterocycles. The summed E-state index contributed by atoms with van der Waals surface area (Å²) in [6.07, 6.45) is 39.5. The van der Waals surface area contributed by atoms with E-state index in [4.69, 9.17) is 49.4 Å². The van der Waals surface area contributed by atoms with Crippen molar-refractivity contribution in [2.75, 3.05) is 52.4 Å². The first-order valence-corrected chi connectivity index (χ1v) is 62.5. The minimum Gasteiger partial charge on any atom is -0.373 e. The fourth-order valence-electron chi connectivity index (χ4n) is 20.8. The fourth-order valence-corrected chi connectivity index (χ4v) is 71.2. The summed E-state index contributed by atoms with van der Waals surface area (Å²) < 4.78 is 100. The zero-order valence-corrected chi connectivity index (χ0v) is 78.0. The van der Waals surface area contributed by atoms with Crippen molar-refractivity contribution in [3.05, 3.63) is 0 Å². The molecule has 0 radical (unpaired) electrons. The summed E-state index contributed by atoms with van der Waals surface area (Å²) in [4.78, 5) is 114. The number of hydrogen-bond acceptors (Lipinski definition) is 20. The van der Waals surface area contributed by atoms with Crippen LogP contribution in [0.15, 0.2) is 0 Å². The molecule has 36 heteroatoms. The summed E-state index contributed by atoms with van der Waals surface area (Å²) >= 11 is 0. The van der Waals surface area contributed by atoms with E-state index in [0.717, 1.165) is 257 Å². The largest absolute Gasteiger partial charge is 0.478 e. The van der Waals surface area contributed by atoms with Gasteiger partial charge in [-0.05, 0) is 154 Å². The Morgan fingerprint density at radius 3 is 0.353 bits per heavy atom. The van der Waals surface area contributed by atoms with Crippen LogP contribution in [-0.4, -0.2) is 170 Å². The molecule has 0 aromatic carbocycles. The van der Waals surface area contributed by atoms with Crippen LogP contribution in [0.1, 0.15) is 308 Å². The quantitative estimate of drug-likeness (QED) is 0.0209. The second kappa shape index (κ2) is 44.1. The van der Waals surface area contributed by atoms with Gasteiger partial charge in [-0.15, -0.1) is 0 Å². The molecule has 6 aliphatic heterocycles. The monoisotopic (exact) mass is 1760 g/mol. The molecule has 6 heterocycles. The number of hydrogen-bond donors (Lipinski definition) is 8. The predicted octanol–water partition coefficient (Wildman–Crippen LogP) is 12.5. The van der Waals surface area contributed by atoms with Crippen LogP contribution >= 0.6 is 0 Å². The maximum atomic E-state index is 14.3. The summed E-state index contributed by atoms with van der Waals surface area (Å²) in [5.74, 6) is -1.09.